The van der Waals surface area contributed by atoms with E-state index in [0.717, 1.165) is 5.56 Å². The lowest BCUT2D eigenvalue weighted by molar-refractivity contribution is -0.385. The number of benzene rings is 3. The van der Waals surface area contributed by atoms with Gasteiger partial charge in [0.25, 0.3) is 5.69 Å². The van der Waals surface area contributed by atoms with Crippen LogP contribution in [0.4, 0.5) is 5.69 Å². The maximum Gasteiger partial charge on any atom is 0.344 e. The van der Waals surface area contributed by atoms with Crippen molar-refractivity contribution in [1.29, 1.82) is 0 Å². The zero-order valence-electron chi connectivity index (χ0n) is 19.7. The van der Waals surface area contributed by atoms with Gasteiger partial charge < -0.3 is 13.9 Å². The molecule has 0 atom stereocenters. The summed E-state index contributed by atoms with van der Waals surface area (Å²) < 4.78 is 16.7. The molecule has 0 N–H and O–H groups in total. The molecule has 0 fully saturated rings. The molecule has 0 unspecified atom stereocenters. The first-order chi connectivity index (χ1) is 16.5. The molecule has 8 heteroatoms. The molecule has 35 heavy (non-hydrogen) atoms. The second-order valence-corrected chi connectivity index (χ2v) is 9.06. The fourth-order valence-corrected chi connectivity index (χ4v) is 3.58. The average molecular weight is 473 g/mol. The van der Waals surface area contributed by atoms with Gasteiger partial charge in [-0.25, -0.2) is 4.79 Å². The average Bonchev–Trinajstić information content (AvgIpc) is 2.80. The highest BCUT2D eigenvalue weighted by Crippen LogP contribution is 2.28. The number of nitro benzene ring substituents is 1. The maximum absolute atomic E-state index is 12.9. The summed E-state index contributed by atoms with van der Waals surface area (Å²) in [5, 5.41) is 11.4. The summed E-state index contributed by atoms with van der Waals surface area (Å²) in [6.45, 7) is 7.80. The number of fused-ring (bicyclic) bond motifs is 1. The van der Waals surface area contributed by atoms with Crippen LogP contribution in [0.15, 0.2) is 76.1 Å². The van der Waals surface area contributed by atoms with Crippen LogP contribution in [0.3, 0.4) is 0 Å². The van der Waals surface area contributed by atoms with E-state index in [0.29, 0.717) is 5.75 Å². The van der Waals surface area contributed by atoms with Gasteiger partial charge in [0.1, 0.15) is 23.3 Å². The van der Waals surface area contributed by atoms with Gasteiger partial charge in [0.05, 0.1) is 15.9 Å². The molecule has 4 rings (SSSR count). The van der Waals surface area contributed by atoms with Crippen molar-refractivity contribution in [2.45, 2.75) is 33.1 Å². The highest BCUT2D eigenvalue weighted by atomic mass is 16.6. The molecule has 0 bridgehead atoms. The number of carbonyl (C=O) groups is 1. The lowest BCUT2D eigenvalue weighted by Crippen LogP contribution is -2.11. The van der Waals surface area contributed by atoms with Crippen molar-refractivity contribution in [2.24, 2.45) is 0 Å². The van der Waals surface area contributed by atoms with Gasteiger partial charge in [-0.3, -0.25) is 14.9 Å². The highest BCUT2D eigenvalue weighted by Gasteiger charge is 2.20. The molecule has 1 heterocycles. The van der Waals surface area contributed by atoms with E-state index in [1.807, 2.05) is 12.1 Å². The Bertz CT molecular complexity index is 1500. The monoisotopic (exact) mass is 473 g/mol. The number of ether oxygens (including phenoxy) is 2. The minimum Gasteiger partial charge on any atom is -0.460 e. The first kappa shape index (κ1) is 23.7. The summed E-state index contributed by atoms with van der Waals surface area (Å²) in [6.07, 6.45) is 1.21. The first-order valence-electron chi connectivity index (χ1n) is 10.8. The normalized spacial score (nSPS) is 11.3. The largest absolute Gasteiger partial charge is 0.460 e. The van der Waals surface area contributed by atoms with Crippen molar-refractivity contribution in [3.05, 3.63) is 104 Å². The van der Waals surface area contributed by atoms with Gasteiger partial charge in [-0.05, 0) is 48.2 Å². The predicted molar refractivity (Wildman–Crippen MR) is 130 cm³/mol. The van der Waals surface area contributed by atoms with Crippen LogP contribution in [0.2, 0.25) is 0 Å². The number of rotatable bonds is 5. The third-order valence-corrected chi connectivity index (χ3v) is 5.59. The van der Waals surface area contributed by atoms with Crippen molar-refractivity contribution >= 4 is 22.6 Å². The Kier molecular flexibility index (Phi) is 6.13. The molecule has 0 spiro atoms. The fraction of sp³-hybridized carbons (Fsp3) is 0.185. The molecule has 0 amide bonds. The molecule has 4 aromatic rings. The minimum atomic E-state index is -0.758. The topological polar surface area (TPSA) is 109 Å². The van der Waals surface area contributed by atoms with E-state index in [2.05, 4.69) is 20.8 Å². The van der Waals surface area contributed by atoms with E-state index in [4.69, 9.17) is 13.9 Å². The molecule has 0 aliphatic rings. The number of nitrogens with zero attached hydrogens (tertiary/aromatic N) is 1. The van der Waals surface area contributed by atoms with E-state index in [1.165, 1.54) is 49.6 Å². The van der Waals surface area contributed by atoms with Crippen molar-refractivity contribution in [1.82, 2.24) is 0 Å². The molecule has 0 aliphatic heterocycles. The lowest BCUT2D eigenvalue weighted by Gasteiger charge is -2.19. The SMILES string of the molecule is Cc1c(C(=O)Oc2ccc3c(=O)c(Oc4ccc(C(C)(C)C)cc4)coc3c2)cccc1[N+](=O)[O-]. The molecule has 178 valence electrons. The van der Waals surface area contributed by atoms with Gasteiger partial charge in [0.2, 0.25) is 11.2 Å². The number of hydrogen-bond acceptors (Lipinski definition) is 7. The molecule has 3 aromatic carbocycles. The van der Waals surface area contributed by atoms with Gasteiger partial charge in [0.15, 0.2) is 0 Å². The second-order valence-electron chi connectivity index (χ2n) is 9.06. The van der Waals surface area contributed by atoms with Crippen LogP contribution in [0.1, 0.15) is 42.3 Å². The lowest BCUT2D eigenvalue weighted by atomic mass is 9.87. The molecule has 1 aromatic heterocycles. The van der Waals surface area contributed by atoms with Crippen LogP contribution in [-0.2, 0) is 5.41 Å². The van der Waals surface area contributed by atoms with Crippen molar-refractivity contribution in [2.75, 3.05) is 0 Å². The summed E-state index contributed by atoms with van der Waals surface area (Å²) in [5.74, 6) is -0.102. The Labute approximate surface area is 200 Å². The van der Waals surface area contributed by atoms with Gasteiger partial charge in [0, 0.05) is 17.7 Å². The number of carbonyl (C=O) groups excluding carboxylic acids is 1. The van der Waals surface area contributed by atoms with Gasteiger partial charge in [-0.2, -0.15) is 0 Å². The summed E-state index contributed by atoms with van der Waals surface area (Å²) in [4.78, 5) is 36.1. The van der Waals surface area contributed by atoms with E-state index in [9.17, 15) is 19.7 Å². The van der Waals surface area contributed by atoms with Crippen LogP contribution in [0, 0.1) is 17.0 Å². The minimum absolute atomic E-state index is 0.00437. The Morgan fingerprint density at radius 2 is 1.69 bits per heavy atom. The quantitative estimate of drug-likeness (QED) is 0.144. The molecular weight excluding hydrogens is 450 g/mol. The van der Waals surface area contributed by atoms with Crippen LogP contribution < -0.4 is 14.9 Å². The van der Waals surface area contributed by atoms with Crippen molar-refractivity contribution < 1.29 is 23.6 Å². The Morgan fingerprint density at radius 3 is 2.34 bits per heavy atom. The summed E-state index contributed by atoms with van der Waals surface area (Å²) in [5.41, 5.74) is 1.05. The predicted octanol–water partition coefficient (Wildman–Crippen LogP) is 6.32. The Morgan fingerprint density at radius 1 is 1.00 bits per heavy atom. The van der Waals surface area contributed by atoms with Gasteiger partial charge in [-0.15, -0.1) is 0 Å². The first-order valence-corrected chi connectivity index (χ1v) is 10.8. The highest BCUT2D eigenvalue weighted by molar-refractivity contribution is 5.94. The van der Waals surface area contributed by atoms with E-state index in [-0.39, 0.29) is 50.1 Å². The van der Waals surface area contributed by atoms with E-state index in [1.54, 1.807) is 12.1 Å². The third kappa shape index (κ3) is 4.91. The molecule has 0 saturated carbocycles. The van der Waals surface area contributed by atoms with Gasteiger partial charge in [-0.1, -0.05) is 39.0 Å². The van der Waals surface area contributed by atoms with Gasteiger partial charge >= 0.3 is 5.97 Å². The van der Waals surface area contributed by atoms with E-state index >= 15 is 0 Å². The maximum atomic E-state index is 12.9. The molecule has 0 aliphatic carbocycles. The molecule has 0 radical (unpaired) electrons. The fourth-order valence-electron chi connectivity index (χ4n) is 3.58. The van der Waals surface area contributed by atoms with Crippen molar-refractivity contribution in [3.8, 4) is 17.2 Å². The second kappa shape index (κ2) is 9.06. The van der Waals surface area contributed by atoms with E-state index < -0.39 is 10.9 Å². The number of nitro groups is 1. The zero-order valence-corrected chi connectivity index (χ0v) is 19.7. The Balaban J connectivity index is 1.57. The smallest absolute Gasteiger partial charge is 0.344 e. The summed E-state index contributed by atoms with van der Waals surface area (Å²) in [6, 6.07) is 16.0. The molecule has 8 nitrogen and oxygen atoms in total. The summed E-state index contributed by atoms with van der Waals surface area (Å²) in [7, 11) is 0. The zero-order chi connectivity index (χ0) is 25.3. The molecular formula is C27H23NO7. The number of hydrogen-bond donors (Lipinski definition) is 0. The van der Waals surface area contributed by atoms with Crippen molar-refractivity contribution in [3.63, 3.8) is 0 Å². The van der Waals surface area contributed by atoms with Crippen LogP contribution in [0.5, 0.6) is 17.2 Å². The van der Waals surface area contributed by atoms with Crippen LogP contribution >= 0.6 is 0 Å². The summed E-state index contributed by atoms with van der Waals surface area (Å²) >= 11 is 0. The van der Waals surface area contributed by atoms with Crippen LogP contribution in [0.25, 0.3) is 11.0 Å². The number of esters is 1. The Hall–Kier alpha value is -4.46. The molecule has 0 saturated heterocycles. The van der Waals surface area contributed by atoms with Crippen LogP contribution in [-0.4, -0.2) is 10.9 Å². The third-order valence-electron chi connectivity index (χ3n) is 5.59. The standard InChI is InChI=1S/C27H23NO7/c1-16-20(6-5-7-22(16)28(31)32)26(30)35-19-12-13-21-23(14-19)33-15-24(25(21)29)34-18-10-8-17(9-11-18)27(2,3)4/h5-15H,1-4H3.